The number of carbonyl (C=O) groups is 2. The van der Waals surface area contributed by atoms with Crippen molar-refractivity contribution >= 4 is 27.5 Å². The fourth-order valence-electron chi connectivity index (χ4n) is 4.33. The standard InChI is InChI=1S/C30H37N3O5S/c1-22(2)25-14-16-26(17-15-25)33(39(5,36)37)21-29(34)32(20-24-12-9-13-27(18-24)38-4)28(30(35)31-3)19-23-10-7-6-8-11-23/h6-18,22,28H,19-21H2,1-5H3,(H,31,35). The molecule has 3 aromatic carbocycles. The molecule has 0 aliphatic carbocycles. The van der Waals surface area contributed by atoms with Crippen LogP contribution in [-0.4, -0.2) is 58.1 Å². The molecule has 0 heterocycles. The average Bonchev–Trinajstić information content (AvgIpc) is 2.93. The molecule has 1 atom stereocenters. The average molecular weight is 552 g/mol. The Balaban J connectivity index is 2.02. The maximum absolute atomic E-state index is 14.0. The molecule has 0 bridgehead atoms. The SMILES string of the molecule is CNC(=O)C(Cc1ccccc1)N(Cc1cccc(OC)c1)C(=O)CN(c1ccc(C(C)C)cc1)S(C)(=O)=O. The van der Waals surface area contributed by atoms with Gasteiger partial charge in [0.25, 0.3) is 0 Å². The zero-order chi connectivity index (χ0) is 28.6. The monoisotopic (exact) mass is 551 g/mol. The minimum absolute atomic E-state index is 0.0881. The molecule has 39 heavy (non-hydrogen) atoms. The molecular formula is C30H37N3O5S. The first-order chi connectivity index (χ1) is 18.5. The Morgan fingerprint density at radius 1 is 0.923 bits per heavy atom. The van der Waals surface area contributed by atoms with Gasteiger partial charge < -0.3 is 15.0 Å². The van der Waals surface area contributed by atoms with Gasteiger partial charge in [-0.05, 0) is 46.9 Å². The molecule has 0 radical (unpaired) electrons. The Morgan fingerprint density at radius 2 is 1.56 bits per heavy atom. The first-order valence-corrected chi connectivity index (χ1v) is 14.6. The van der Waals surface area contributed by atoms with Crippen LogP contribution in [0.25, 0.3) is 0 Å². The van der Waals surface area contributed by atoms with Crippen molar-refractivity contribution in [1.29, 1.82) is 0 Å². The van der Waals surface area contributed by atoms with Crippen LogP contribution >= 0.6 is 0 Å². The third-order valence-corrected chi connectivity index (χ3v) is 7.67. The number of nitrogens with one attached hydrogen (secondary N) is 1. The Labute approximate surface area is 231 Å². The van der Waals surface area contributed by atoms with E-state index in [4.69, 9.17) is 4.74 Å². The van der Waals surface area contributed by atoms with Gasteiger partial charge >= 0.3 is 0 Å². The lowest BCUT2D eigenvalue weighted by Crippen LogP contribution is -2.52. The van der Waals surface area contributed by atoms with E-state index >= 15 is 0 Å². The number of rotatable bonds is 12. The van der Waals surface area contributed by atoms with E-state index in [1.54, 1.807) is 31.4 Å². The summed E-state index contributed by atoms with van der Waals surface area (Å²) in [6, 6.07) is 22.9. The molecule has 2 amide bonds. The zero-order valence-electron chi connectivity index (χ0n) is 23.1. The molecule has 1 N–H and O–H groups in total. The highest BCUT2D eigenvalue weighted by atomic mass is 32.2. The largest absolute Gasteiger partial charge is 0.497 e. The maximum Gasteiger partial charge on any atom is 0.244 e. The molecule has 0 aliphatic heterocycles. The summed E-state index contributed by atoms with van der Waals surface area (Å²) in [4.78, 5) is 28.6. The van der Waals surface area contributed by atoms with Gasteiger partial charge in [0, 0.05) is 20.0 Å². The van der Waals surface area contributed by atoms with E-state index < -0.39 is 28.5 Å². The molecule has 1 unspecified atom stereocenters. The number of nitrogens with zero attached hydrogens (tertiary/aromatic N) is 2. The van der Waals surface area contributed by atoms with Gasteiger partial charge in [-0.3, -0.25) is 13.9 Å². The summed E-state index contributed by atoms with van der Waals surface area (Å²) in [5, 5.41) is 2.67. The first kappa shape index (κ1) is 29.7. The second kappa shape index (κ2) is 13.3. The molecule has 0 spiro atoms. The van der Waals surface area contributed by atoms with Crippen LogP contribution in [0.3, 0.4) is 0 Å². The molecule has 3 aromatic rings. The fraction of sp³-hybridized carbons (Fsp3) is 0.333. The Kier molecular flexibility index (Phi) is 10.1. The van der Waals surface area contributed by atoms with Crippen LogP contribution in [0.5, 0.6) is 5.75 Å². The maximum atomic E-state index is 14.0. The predicted molar refractivity (Wildman–Crippen MR) is 154 cm³/mol. The quantitative estimate of drug-likeness (QED) is 0.368. The van der Waals surface area contributed by atoms with Gasteiger partial charge in [-0.2, -0.15) is 0 Å². The van der Waals surface area contributed by atoms with Gasteiger partial charge in [0.15, 0.2) is 0 Å². The lowest BCUT2D eigenvalue weighted by molar-refractivity contribution is -0.139. The molecule has 0 saturated heterocycles. The summed E-state index contributed by atoms with van der Waals surface area (Å²) >= 11 is 0. The second-order valence-electron chi connectivity index (χ2n) is 9.71. The van der Waals surface area contributed by atoms with Crippen molar-refractivity contribution < 1.29 is 22.7 Å². The molecule has 0 fully saturated rings. The number of methoxy groups -OCH3 is 1. The summed E-state index contributed by atoms with van der Waals surface area (Å²) in [5.41, 5.74) is 3.06. The molecule has 0 saturated carbocycles. The van der Waals surface area contributed by atoms with Crippen LogP contribution < -0.4 is 14.4 Å². The predicted octanol–water partition coefficient (Wildman–Crippen LogP) is 3.97. The van der Waals surface area contributed by atoms with Crippen LogP contribution in [0, 0.1) is 0 Å². The highest BCUT2D eigenvalue weighted by molar-refractivity contribution is 7.92. The summed E-state index contributed by atoms with van der Waals surface area (Å²) < 4.78 is 32.2. The molecule has 8 nitrogen and oxygen atoms in total. The van der Waals surface area contributed by atoms with E-state index in [9.17, 15) is 18.0 Å². The van der Waals surface area contributed by atoms with Crippen LogP contribution in [-0.2, 0) is 32.6 Å². The van der Waals surface area contributed by atoms with Crippen LogP contribution in [0.15, 0.2) is 78.9 Å². The van der Waals surface area contributed by atoms with Gasteiger partial charge in [-0.25, -0.2) is 8.42 Å². The summed E-state index contributed by atoms with van der Waals surface area (Å²) in [7, 11) is -0.732. The third-order valence-electron chi connectivity index (χ3n) is 6.53. The number of hydrogen-bond donors (Lipinski definition) is 1. The van der Waals surface area contributed by atoms with E-state index in [0.29, 0.717) is 11.4 Å². The van der Waals surface area contributed by atoms with Crippen molar-refractivity contribution in [1.82, 2.24) is 10.2 Å². The summed E-state index contributed by atoms with van der Waals surface area (Å²) in [6.07, 6.45) is 1.33. The van der Waals surface area contributed by atoms with Crippen LogP contribution in [0.1, 0.15) is 36.5 Å². The Hall–Kier alpha value is -3.85. The number of amides is 2. The van der Waals surface area contributed by atoms with Crippen molar-refractivity contribution in [2.75, 3.05) is 31.3 Å². The van der Waals surface area contributed by atoms with Gasteiger partial charge in [-0.15, -0.1) is 0 Å². The molecule has 9 heteroatoms. The van der Waals surface area contributed by atoms with E-state index in [2.05, 4.69) is 19.2 Å². The second-order valence-corrected chi connectivity index (χ2v) is 11.6. The van der Waals surface area contributed by atoms with Gasteiger partial charge in [0.2, 0.25) is 21.8 Å². The number of hydrogen-bond acceptors (Lipinski definition) is 5. The van der Waals surface area contributed by atoms with Crippen LogP contribution in [0.2, 0.25) is 0 Å². The van der Waals surface area contributed by atoms with Gasteiger partial charge in [0.1, 0.15) is 18.3 Å². The van der Waals surface area contributed by atoms with Crippen molar-refractivity contribution in [2.24, 2.45) is 0 Å². The number of likely N-dealkylation sites (N-methyl/N-ethyl adjacent to an activating group) is 1. The molecule has 0 aromatic heterocycles. The van der Waals surface area contributed by atoms with E-state index in [-0.39, 0.29) is 24.8 Å². The minimum Gasteiger partial charge on any atom is -0.497 e. The summed E-state index contributed by atoms with van der Waals surface area (Å²) in [6.45, 7) is 3.74. The normalized spacial score (nSPS) is 12.1. The number of anilines is 1. The number of benzene rings is 3. The van der Waals surface area contributed by atoms with E-state index in [1.165, 1.54) is 11.9 Å². The van der Waals surface area contributed by atoms with Crippen molar-refractivity contribution in [3.63, 3.8) is 0 Å². The van der Waals surface area contributed by atoms with Gasteiger partial charge in [0.05, 0.1) is 19.1 Å². The Morgan fingerprint density at radius 3 is 2.13 bits per heavy atom. The smallest absolute Gasteiger partial charge is 0.244 e. The van der Waals surface area contributed by atoms with Crippen LogP contribution in [0.4, 0.5) is 5.69 Å². The zero-order valence-corrected chi connectivity index (χ0v) is 23.9. The molecular weight excluding hydrogens is 514 g/mol. The Bertz CT molecular complexity index is 1360. The van der Waals surface area contributed by atoms with Crippen molar-refractivity contribution in [2.45, 2.75) is 38.8 Å². The van der Waals surface area contributed by atoms with Crippen molar-refractivity contribution in [3.8, 4) is 5.75 Å². The topological polar surface area (TPSA) is 96.0 Å². The highest BCUT2D eigenvalue weighted by Gasteiger charge is 2.32. The number of sulfonamides is 1. The molecule has 0 aliphatic rings. The lowest BCUT2D eigenvalue weighted by Gasteiger charge is -2.33. The fourth-order valence-corrected chi connectivity index (χ4v) is 5.18. The first-order valence-electron chi connectivity index (χ1n) is 12.8. The molecule has 3 rings (SSSR count). The van der Waals surface area contributed by atoms with E-state index in [1.807, 2.05) is 54.6 Å². The highest BCUT2D eigenvalue weighted by Crippen LogP contribution is 2.24. The number of carbonyl (C=O) groups excluding carboxylic acids is 2. The van der Waals surface area contributed by atoms with E-state index in [0.717, 1.165) is 27.3 Å². The number of ether oxygens (including phenoxy) is 1. The van der Waals surface area contributed by atoms with Gasteiger partial charge in [-0.1, -0.05) is 68.4 Å². The third kappa shape index (κ3) is 8.07. The summed E-state index contributed by atoms with van der Waals surface area (Å²) in [5.74, 6) is 0.0440. The minimum atomic E-state index is -3.81. The van der Waals surface area contributed by atoms with Crippen molar-refractivity contribution in [3.05, 3.63) is 95.6 Å². The molecule has 208 valence electrons. The lowest BCUT2D eigenvalue weighted by atomic mass is 10.0.